The van der Waals surface area contributed by atoms with Crippen LogP contribution >= 0.6 is 0 Å². The summed E-state index contributed by atoms with van der Waals surface area (Å²) in [6, 6.07) is 11.3. The van der Waals surface area contributed by atoms with Crippen molar-refractivity contribution in [2.24, 2.45) is 0 Å². The number of benzene rings is 1. The van der Waals surface area contributed by atoms with Crippen LogP contribution in [0.15, 0.2) is 40.8 Å². The number of rotatable bonds is 7. The van der Waals surface area contributed by atoms with E-state index in [4.69, 9.17) is 4.42 Å². The van der Waals surface area contributed by atoms with E-state index in [0.29, 0.717) is 24.7 Å². The van der Waals surface area contributed by atoms with Crippen LogP contribution in [0.25, 0.3) is 0 Å². The summed E-state index contributed by atoms with van der Waals surface area (Å²) < 4.78 is 19.4. The van der Waals surface area contributed by atoms with E-state index in [0.717, 1.165) is 18.1 Å². The van der Waals surface area contributed by atoms with Gasteiger partial charge in [-0.2, -0.15) is 0 Å². The zero-order valence-electron chi connectivity index (χ0n) is 12.9. The fourth-order valence-corrected chi connectivity index (χ4v) is 2.15. The van der Waals surface area contributed by atoms with Gasteiger partial charge in [0.25, 0.3) is 0 Å². The minimum Gasteiger partial charge on any atom is -0.463 e. The third-order valence-electron chi connectivity index (χ3n) is 3.23. The van der Waals surface area contributed by atoms with E-state index in [2.05, 4.69) is 19.2 Å². The molecule has 0 amide bonds. The normalized spacial score (nSPS) is 11.5. The lowest BCUT2D eigenvalue weighted by Crippen LogP contribution is -2.21. The average Bonchev–Trinajstić information content (AvgIpc) is 2.86. The van der Waals surface area contributed by atoms with Crippen LogP contribution in [0.2, 0.25) is 0 Å². The average molecular weight is 290 g/mol. The van der Waals surface area contributed by atoms with Gasteiger partial charge in [0.2, 0.25) is 0 Å². The molecule has 0 spiro atoms. The lowest BCUT2D eigenvalue weighted by molar-refractivity contribution is 0.278. The van der Waals surface area contributed by atoms with Gasteiger partial charge < -0.3 is 9.73 Å². The molecule has 1 aromatic heterocycles. The Morgan fingerprint density at radius 1 is 1.10 bits per heavy atom. The Kier molecular flexibility index (Phi) is 5.53. The van der Waals surface area contributed by atoms with Gasteiger partial charge in [-0.1, -0.05) is 32.0 Å². The first-order valence-electron chi connectivity index (χ1n) is 7.27. The van der Waals surface area contributed by atoms with Crippen LogP contribution < -0.4 is 5.32 Å². The molecule has 0 saturated heterocycles. The quantitative estimate of drug-likeness (QED) is 0.845. The molecule has 0 saturated carbocycles. The van der Waals surface area contributed by atoms with Gasteiger partial charge in [-0.05, 0) is 25.2 Å². The van der Waals surface area contributed by atoms with E-state index in [-0.39, 0.29) is 5.82 Å². The number of nitrogens with one attached hydrogen (secondary N) is 1. The van der Waals surface area contributed by atoms with Crippen molar-refractivity contribution >= 4 is 0 Å². The van der Waals surface area contributed by atoms with Gasteiger partial charge in [0.1, 0.15) is 17.3 Å². The number of hydrogen-bond acceptors (Lipinski definition) is 3. The molecule has 0 bridgehead atoms. The van der Waals surface area contributed by atoms with E-state index in [9.17, 15) is 4.39 Å². The molecule has 2 aromatic rings. The summed E-state index contributed by atoms with van der Waals surface area (Å²) >= 11 is 0. The van der Waals surface area contributed by atoms with Gasteiger partial charge in [0.15, 0.2) is 0 Å². The molecule has 0 aliphatic carbocycles. The maximum Gasteiger partial charge on any atom is 0.127 e. The molecule has 0 fully saturated rings. The van der Waals surface area contributed by atoms with E-state index in [1.54, 1.807) is 6.07 Å². The van der Waals surface area contributed by atoms with E-state index >= 15 is 0 Å². The largest absolute Gasteiger partial charge is 0.463 e. The van der Waals surface area contributed by atoms with Gasteiger partial charge in [-0.15, -0.1) is 0 Å². The molecule has 1 aromatic carbocycles. The first kappa shape index (κ1) is 15.7. The molecule has 1 heterocycles. The lowest BCUT2D eigenvalue weighted by atomic mass is 10.2. The highest BCUT2D eigenvalue weighted by atomic mass is 19.1. The monoisotopic (exact) mass is 290 g/mol. The first-order valence-corrected chi connectivity index (χ1v) is 7.27. The van der Waals surface area contributed by atoms with Crippen LogP contribution in [0, 0.1) is 5.82 Å². The second-order valence-corrected chi connectivity index (χ2v) is 5.67. The molecule has 21 heavy (non-hydrogen) atoms. The summed E-state index contributed by atoms with van der Waals surface area (Å²) in [5.74, 6) is 1.66. The summed E-state index contributed by atoms with van der Waals surface area (Å²) in [4.78, 5) is 2.04. The Morgan fingerprint density at radius 2 is 1.81 bits per heavy atom. The molecule has 0 aliphatic rings. The molecule has 114 valence electrons. The Hall–Kier alpha value is -1.65. The van der Waals surface area contributed by atoms with Crippen molar-refractivity contribution in [3.63, 3.8) is 0 Å². The fraction of sp³-hybridized carbons (Fsp3) is 0.412. The second-order valence-electron chi connectivity index (χ2n) is 5.67. The molecule has 1 N–H and O–H groups in total. The summed E-state index contributed by atoms with van der Waals surface area (Å²) in [6.07, 6.45) is 0. The Labute approximate surface area is 125 Å². The van der Waals surface area contributed by atoms with Crippen molar-refractivity contribution in [1.29, 1.82) is 0 Å². The van der Waals surface area contributed by atoms with Crippen LogP contribution in [0.5, 0.6) is 0 Å². The van der Waals surface area contributed by atoms with Crippen molar-refractivity contribution in [1.82, 2.24) is 10.2 Å². The molecule has 0 unspecified atom stereocenters. The molecule has 0 radical (unpaired) electrons. The van der Waals surface area contributed by atoms with Crippen molar-refractivity contribution in [3.05, 3.63) is 59.3 Å². The molecule has 4 heteroatoms. The Bertz CT molecular complexity index is 565. The maximum absolute atomic E-state index is 13.6. The topological polar surface area (TPSA) is 28.4 Å². The van der Waals surface area contributed by atoms with Crippen LogP contribution in [0.1, 0.15) is 30.9 Å². The molecule has 3 nitrogen and oxygen atoms in total. The first-order chi connectivity index (χ1) is 10.0. The highest BCUT2D eigenvalue weighted by Gasteiger charge is 2.08. The number of nitrogens with zero attached hydrogens (tertiary/aromatic N) is 1. The maximum atomic E-state index is 13.6. The summed E-state index contributed by atoms with van der Waals surface area (Å²) in [5.41, 5.74) is 0.702. The molecular weight excluding hydrogens is 267 g/mol. The highest BCUT2D eigenvalue weighted by Crippen LogP contribution is 2.13. The Morgan fingerprint density at radius 3 is 2.52 bits per heavy atom. The van der Waals surface area contributed by atoms with Crippen LogP contribution in [-0.2, 0) is 19.6 Å². The zero-order chi connectivity index (χ0) is 15.2. The molecule has 0 aliphatic heterocycles. The lowest BCUT2D eigenvalue weighted by Gasteiger charge is -2.15. The fourth-order valence-electron chi connectivity index (χ4n) is 2.15. The van der Waals surface area contributed by atoms with E-state index < -0.39 is 0 Å². The predicted molar refractivity (Wildman–Crippen MR) is 82.3 cm³/mol. The number of halogens is 1. The predicted octanol–water partition coefficient (Wildman–Crippen LogP) is 3.55. The van der Waals surface area contributed by atoms with Gasteiger partial charge >= 0.3 is 0 Å². The van der Waals surface area contributed by atoms with Crippen LogP contribution in [0.4, 0.5) is 4.39 Å². The van der Waals surface area contributed by atoms with Crippen molar-refractivity contribution in [2.75, 3.05) is 7.05 Å². The third-order valence-corrected chi connectivity index (χ3v) is 3.23. The zero-order valence-corrected chi connectivity index (χ0v) is 12.9. The third kappa shape index (κ3) is 4.99. The van der Waals surface area contributed by atoms with Crippen LogP contribution in [-0.4, -0.2) is 18.0 Å². The van der Waals surface area contributed by atoms with Gasteiger partial charge in [0.05, 0.1) is 13.1 Å². The summed E-state index contributed by atoms with van der Waals surface area (Å²) in [7, 11) is 1.96. The van der Waals surface area contributed by atoms with Crippen molar-refractivity contribution in [2.45, 2.75) is 39.5 Å². The van der Waals surface area contributed by atoms with Crippen molar-refractivity contribution < 1.29 is 8.81 Å². The minimum atomic E-state index is -0.161. The summed E-state index contributed by atoms with van der Waals surface area (Å²) in [6.45, 7) is 6.16. The second kappa shape index (κ2) is 7.38. The minimum absolute atomic E-state index is 0.161. The number of hydrogen-bond donors (Lipinski definition) is 1. The van der Waals surface area contributed by atoms with Crippen LogP contribution in [0.3, 0.4) is 0 Å². The van der Waals surface area contributed by atoms with E-state index in [1.165, 1.54) is 6.07 Å². The van der Waals surface area contributed by atoms with Gasteiger partial charge in [-0.3, -0.25) is 4.90 Å². The molecule has 2 rings (SSSR count). The van der Waals surface area contributed by atoms with Gasteiger partial charge in [-0.25, -0.2) is 4.39 Å². The molecule has 0 atom stereocenters. The number of furan rings is 1. The smallest absolute Gasteiger partial charge is 0.127 e. The SMILES string of the molecule is CC(C)NCc1ccc(CN(C)Cc2ccccc2F)o1. The Balaban J connectivity index is 1.88. The van der Waals surface area contributed by atoms with E-state index in [1.807, 2.05) is 36.2 Å². The van der Waals surface area contributed by atoms with Crippen molar-refractivity contribution in [3.8, 4) is 0 Å². The van der Waals surface area contributed by atoms with Gasteiger partial charge in [0, 0.05) is 18.2 Å². The highest BCUT2D eigenvalue weighted by molar-refractivity contribution is 5.17. The summed E-state index contributed by atoms with van der Waals surface area (Å²) in [5, 5.41) is 3.32. The molecular formula is C17H23FN2O. The standard InChI is InChI=1S/C17H23FN2O/c1-13(2)19-10-15-8-9-16(21-15)12-20(3)11-14-6-4-5-7-17(14)18/h4-9,13,19H,10-12H2,1-3H3.